The second-order valence-electron chi connectivity index (χ2n) is 3.75. The van der Waals surface area contributed by atoms with Crippen LogP contribution in [0, 0.1) is 17.5 Å². The van der Waals surface area contributed by atoms with Gasteiger partial charge in [0.2, 0.25) is 0 Å². The maximum Gasteiger partial charge on any atom is 0.256 e. The van der Waals surface area contributed by atoms with E-state index in [1.807, 2.05) is 0 Å². The van der Waals surface area contributed by atoms with Crippen LogP contribution in [0.15, 0.2) is 12.1 Å². The van der Waals surface area contributed by atoms with Gasteiger partial charge in [-0.05, 0) is 12.1 Å². The van der Waals surface area contributed by atoms with Gasteiger partial charge >= 0.3 is 0 Å². The zero-order valence-electron chi connectivity index (χ0n) is 10.3. The highest BCUT2D eigenvalue weighted by Crippen LogP contribution is 2.16. The Labute approximate surface area is 113 Å². The molecule has 1 aromatic rings. The first kappa shape index (κ1) is 15.8. The molecule has 106 valence electrons. The Hall–Kier alpha value is -1.27. The summed E-state index contributed by atoms with van der Waals surface area (Å²) in [6, 6.07) is 1.62. The van der Waals surface area contributed by atoms with Crippen LogP contribution in [-0.2, 0) is 4.74 Å². The van der Waals surface area contributed by atoms with Crippen molar-refractivity contribution < 1.29 is 22.7 Å². The van der Waals surface area contributed by atoms with Crippen molar-refractivity contribution in [3.63, 3.8) is 0 Å². The van der Waals surface area contributed by atoms with Gasteiger partial charge < -0.3 is 9.64 Å². The average molecular weight is 296 g/mol. The van der Waals surface area contributed by atoms with Crippen LogP contribution in [0.5, 0.6) is 0 Å². The molecule has 0 N–H and O–H groups in total. The number of hydrogen-bond acceptors (Lipinski definition) is 2. The average Bonchev–Trinajstić information content (AvgIpc) is 2.40. The van der Waals surface area contributed by atoms with Crippen LogP contribution in [-0.4, -0.2) is 43.5 Å². The zero-order valence-corrected chi connectivity index (χ0v) is 11.0. The first-order valence-electron chi connectivity index (χ1n) is 5.51. The van der Waals surface area contributed by atoms with Gasteiger partial charge in [0.25, 0.3) is 5.91 Å². The quantitative estimate of drug-likeness (QED) is 0.458. The third-order valence-corrected chi connectivity index (χ3v) is 2.56. The van der Waals surface area contributed by atoms with Gasteiger partial charge in [0.05, 0.1) is 18.8 Å². The number of alkyl halides is 1. The van der Waals surface area contributed by atoms with Gasteiger partial charge in [-0.15, -0.1) is 11.6 Å². The van der Waals surface area contributed by atoms with E-state index in [1.165, 1.54) is 7.05 Å². The second-order valence-corrected chi connectivity index (χ2v) is 4.13. The molecule has 0 unspecified atom stereocenters. The number of halogens is 4. The summed E-state index contributed by atoms with van der Waals surface area (Å²) in [4.78, 5) is 13.0. The Balaban J connectivity index is 2.69. The van der Waals surface area contributed by atoms with Gasteiger partial charge in [0, 0.05) is 19.5 Å². The third-order valence-electron chi connectivity index (χ3n) is 2.40. The molecule has 0 saturated carbocycles. The van der Waals surface area contributed by atoms with E-state index in [1.54, 1.807) is 0 Å². The van der Waals surface area contributed by atoms with Crippen LogP contribution in [0.25, 0.3) is 0 Å². The summed E-state index contributed by atoms with van der Waals surface area (Å²) in [5.41, 5.74) is -0.515. The number of likely N-dealkylation sites (N-methyl/N-ethyl adjacent to an activating group) is 1. The van der Waals surface area contributed by atoms with E-state index in [0.29, 0.717) is 18.6 Å². The number of carbonyl (C=O) groups is 1. The van der Waals surface area contributed by atoms with E-state index >= 15 is 0 Å². The van der Waals surface area contributed by atoms with E-state index in [-0.39, 0.29) is 13.2 Å². The molecule has 3 nitrogen and oxygen atoms in total. The Morgan fingerprint density at radius 2 is 1.95 bits per heavy atom. The Bertz CT molecular complexity index is 457. The molecular formula is C12H13ClF3NO2. The number of nitrogens with zero attached hydrogens (tertiary/aromatic N) is 1. The Morgan fingerprint density at radius 1 is 1.26 bits per heavy atom. The predicted molar refractivity (Wildman–Crippen MR) is 64.8 cm³/mol. The van der Waals surface area contributed by atoms with Crippen molar-refractivity contribution in [1.82, 2.24) is 4.90 Å². The smallest absolute Gasteiger partial charge is 0.256 e. The second kappa shape index (κ2) is 7.35. The summed E-state index contributed by atoms with van der Waals surface area (Å²) in [6.07, 6.45) is 0. The first-order chi connectivity index (χ1) is 8.99. The monoisotopic (exact) mass is 295 g/mol. The first-order valence-corrected chi connectivity index (χ1v) is 6.05. The fraction of sp³-hybridized carbons (Fsp3) is 0.417. The topological polar surface area (TPSA) is 29.5 Å². The fourth-order valence-corrected chi connectivity index (χ4v) is 1.47. The number of amides is 1. The lowest BCUT2D eigenvalue weighted by atomic mass is 10.1. The summed E-state index contributed by atoms with van der Waals surface area (Å²) in [7, 11) is 1.41. The molecule has 0 bridgehead atoms. The lowest BCUT2D eigenvalue weighted by Crippen LogP contribution is -2.31. The summed E-state index contributed by atoms with van der Waals surface area (Å²) < 4.78 is 44.2. The number of hydrogen-bond donors (Lipinski definition) is 0. The molecule has 0 spiro atoms. The molecule has 0 fully saturated rings. The lowest BCUT2D eigenvalue weighted by molar-refractivity contribution is 0.0706. The molecule has 0 aromatic heterocycles. The van der Waals surface area contributed by atoms with Crippen LogP contribution in [0.2, 0.25) is 0 Å². The molecule has 1 aromatic carbocycles. The van der Waals surface area contributed by atoms with Gasteiger partial charge in [-0.2, -0.15) is 0 Å². The minimum Gasteiger partial charge on any atom is -0.378 e. The molecule has 0 saturated heterocycles. The zero-order chi connectivity index (χ0) is 14.4. The van der Waals surface area contributed by atoms with E-state index in [2.05, 4.69) is 0 Å². The Morgan fingerprint density at radius 3 is 2.58 bits per heavy atom. The van der Waals surface area contributed by atoms with Gasteiger partial charge in [-0.1, -0.05) is 0 Å². The number of rotatable bonds is 6. The highest BCUT2D eigenvalue weighted by Gasteiger charge is 2.21. The molecule has 0 heterocycles. The minimum atomic E-state index is -1.65. The van der Waals surface area contributed by atoms with E-state index in [9.17, 15) is 18.0 Å². The van der Waals surface area contributed by atoms with Gasteiger partial charge in [0.1, 0.15) is 0 Å². The third kappa shape index (κ3) is 4.11. The molecule has 0 atom stereocenters. The summed E-state index contributed by atoms with van der Waals surface area (Å²) in [6.45, 7) is 0.748. The number of ether oxygens (including phenoxy) is 1. The normalized spacial score (nSPS) is 10.6. The largest absolute Gasteiger partial charge is 0.378 e. The lowest BCUT2D eigenvalue weighted by Gasteiger charge is -2.17. The highest BCUT2D eigenvalue weighted by atomic mass is 35.5. The van der Waals surface area contributed by atoms with Gasteiger partial charge in [-0.25, -0.2) is 13.2 Å². The Kier molecular flexibility index (Phi) is 6.11. The fourth-order valence-electron chi connectivity index (χ4n) is 1.36. The van der Waals surface area contributed by atoms with Crippen LogP contribution in [0.1, 0.15) is 10.4 Å². The molecule has 1 amide bonds. The maximum atomic E-state index is 13.4. The van der Waals surface area contributed by atoms with Crippen molar-refractivity contribution >= 4 is 17.5 Å². The van der Waals surface area contributed by atoms with Crippen LogP contribution >= 0.6 is 11.6 Å². The van der Waals surface area contributed by atoms with Crippen molar-refractivity contribution in [2.24, 2.45) is 0 Å². The molecule has 0 aliphatic heterocycles. The molecule has 7 heteroatoms. The van der Waals surface area contributed by atoms with Crippen molar-refractivity contribution in [2.75, 3.05) is 32.7 Å². The van der Waals surface area contributed by atoms with Gasteiger partial charge in [-0.3, -0.25) is 4.79 Å². The summed E-state index contributed by atoms with van der Waals surface area (Å²) in [5.74, 6) is -4.89. The number of carbonyl (C=O) groups excluding carboxylic acids is 1. The molecular weight excluding hydrogens is 283 g/mol. The van der Waals surface area contributed by atoms with Crippen molar-refractivity contribution in [2.45, 2.75) is 0 Å². The molecule has 1 rings (SSSR count). The van der Waals surface area contributed by atoms with Crippen LogP contribution in [0.4, 0.5) is 13.2 Å². The van der Waals surface area contributed by atoms with Crippen molar-refractivity contribution in [3.05, 3.63) is 35.1 Å². The molecule has 19 heavy (non-hydrogen) atoms. The predicted octanol–water partition coefficient (Wildman–Crippen LogP) is 2.43. The van der Waals surface area contributed by atoms with Crippen LogP contribution in [0.3, 0.4) is 0 Å². The van der Waals surface area contributed by atoms with Crippen LogP contribution < -0.4 is 0 Å². The standard InChI is InChI=1S/C12H13ClF3NO2/c1-17(5-7-19-6-4-13)12(18)8-2-3-9(14)11(16)10(8)15/h2-3H,4-7H2,1H3. The maximum absolute atomic E-state index is 13.4. The minimum absolute atomic E-state index is 0.189. The van der Waals surface area contributed by atoms with Gasteiger partial charge in [0.15, 0.2) is 17.5 Å². The molecule has 0 aliphatic carbocycles. The SMILES string of the molecule is CN(CCOCCCl)C(=O)c1ccc(F)c(F)c1F. The molecule has 0 radical (unpaired) electrons. The van der Waals surface area contributed by atoms with E-state index < -0.39 is 28.9 Å². The van der Waals surface area contributed by atoms with Crippen molar-refractivity contribution in [3.8, 4) is 0 Å². The van der Waals surface area contributed by atoms with E-state index in [0.717, 1.165) is 11.0 Å². The summed E-state index contributed by atoms with van der Waals surface area (Å²) >= 11 is 5.40. The molecule has 0 aliphatic rings. The highest BCUT2D eigenvalue weighted by molar-refractivity contribution is 6.17. The summed E-state index contributed by atoms with van der Waals surface area (Å²) in [5, 5.41) is 0. The number of benzene rings is 1. The van der Waals surface area contributed by atoms with E-state index in [4.69, 9.17) is 16.3 Å². The van der Waals surface area contributed by atoms with Crippen molar-refractivity contribution in [1.29, 1.82) is 0 Å².